The maximum Gasteiger partial charge on any atom is 0.438 e. The molecule has 1 amide bonds. The molecule has 1 saturated heterocycles. The van der Waals surface area contributed by atoms with Crippen LogP contribution in [0.4, 0.5) is 15.8 Å². The summed E-state index contributed by atoms with van der Waals surface area (Å²) >= 11 is 0. The molecule has 2 fully saturated rings. The van der Waals surface area contributed by atoms with Crippen molar-refractivity contribution in [3.05, 3.63) is 133 Å². The summed E-state index contributed by atoms with van der Waals surface area (Å²) in [6.45, 7) is 12.6. The molecule has 3 N–H and O–H groups in total. The maximum atomic E-state index is 15.5. The van der Waals surface area contributed by atoms with Crippen LogP contribution in [0.25, 0.3) is 28.1 Å². The Labute approximate surface area is 380 Å². The van der Waals surface area contributed by atoms with Crippen LogP contribution >= 0.6 is 0 Å². The number of aryl methyl sites for hydroxylation is 2. The number of nitrogen functional groups attached to an aromatic ring is 1. The standard InChI is InChI=1S/C48H53FN10O6S/c1-26-19-34(20-27(2)41(26)49)59-42(57-17-16-56(46(57)62)33-10-11-36(35(50)23-33)54-66(7,8)63)40-29(4)55(15-13-37(40)52-59)43(60)39-22-32-21-30(31-14-18-64-47(5,6)25-31)9-12-38(32)58(39)48(24-28(48)3)44-51-45(61)65-53-44/h9-12,16-17,19-23,28-29,31H,13-15,18,24-25,50H2,1-8H3,(H,51,53,61)/t28-,29-,31-,48-/m0/s1. The third kappa shape index (κ3) is 7.12. The second-order valence-electron chi connectivity index (χ2n) is 19.2. The smallest absolute Gasteiger partial charge is 0.397 e. The fourth-order valence-corrected chi connectivity index (χ4v) is 11.1. The highest BCUT2D eigenvalue weighted by molar-refractivity contribution is 7.92. The Morgan fingerprint density at radius 1 is 0.985 bits per heavy atom. The van der Waals surface area contributed by atoms with E-state index in [1.165, 1.54) is 27.2 Å². The molecule has 18 heteroatoms. The largest absolute Gasteiger partial charge is 0.438 e. The Kier molecular flexibility index (Phi) is 10.0. The quantitative estimate of drug-likeness (QED) is 0.147. The van der Waals surface area contributed by atoms with Gasteiger partial charge in [-0.25, -0.2) is 22.9 Å². The topological polar surface area (TPSA) is 194 Å². The lowest BCUT2D eigenvalue weighted by Gasteiger charge is -2.35. The van der Waals surface area contributed by atoms with Crippen molar-refractivity contribution in [2.24, 2.45) is 10.3 Å². The number of amides is 1. The van der Waals surface area contributed by atoms with Gasteiger partial charge in [0.2, 0.25) is 0 Å². The Balaban J connectivity index is 1.11. The number of anilines is 1. The summed E-state index contributed by atoms with van der Waals surface area (Å²) in [5.41, 5.74) is 11.0. The van der Waals surface area contributed by atoms with Crippen molar-refractivity contribution >= 4 is 37.9 Å². The van der Waals surface area contributed by atoms with Gasteiger partial charge in [-0.05, 0) is 131 Å². The number of imidazole rings is 1. The van der Waals surface area contributed by atoms with Crippen molar-refractivity contribution in [2.45, 2.75) is 90.3 Å². The van der Waals surface area contributed by atoms with Crippen molar-refractivity contribution in [2.75, 3.05) is 31.4 Å². The number of aromatic amines is 1. The van der Waals surface area contributed by atoms with Crippen LogP contribution in [0.2, 0.25) is 0 Å². The normalized spacial score (nSPS) is 21.6. The third-order valence-electron chi connectivity index (χ3n) is 13.7. The van der Waals surface area contributed by atoms with E-state index in [2.05, 4.69) is 53.5 Å². The lowest BCUT2D eigenvalue weighted by atomic mass is 9.83. The molecule has 2 aliphatic heterocycles. The van der Waals surface area contributed by atoms with E-state index in [1.54, 1.807) is 61.3 Å². The van der Waals surface area contributed by atoms with Gasteiger partial charge in [0.05, 0.1) is 40.1 Å². The van der Waals surface area contributed by atoms with Gasteiger partial charge < -0.3 is 19.9 Å². The first-order chi connectivity index (χ1) is 31.2. The molecule has 10 rings (SSSR count). The number of nitrogens with zero attached hydrogens (tertiary/aromatic N) is 8. The molecule has 4 atom stereocenters. The Hall–Kier alpha value is -6.53. The number of carbonyl (C=O) groups is 1. The van der Waals surface area contributed by atoms with Gasteiger partial charge in [0.1, 0.15) is 22.9 Å². The van der Waals surface area contributed by atoms with Gasteiger partial charge in [-0.3, -0.25) is 23.4 Å². The number of rotatable bonds is 8. The molecule has 3 aliphatic rings. The van der Waals surface area contributed by atoms with Gasteiger partial charge in [-0.1, -0.05) is 18.1 Å². The lowest BCUT2D eigenvalue weighted by Crippen LogP contribution is -2.41. The SMILES string of the molecule is Cc1cc(-n2nc3c(c2-n2ccn(-c4ccc(N=S(C)(C)=O)c(N)c4)c2=O)[C@H](C)N(C(=O)c2cc4cc([C@H]5CCOC(C)(C)C5)ccc4n2[C@@]2(c4noc(=O)[nH]4)C[C@@H]2C)CC3)cc(C)c1F. The lowest BCUT2D eigenvalue weighted by molar-refractivity contribution is -0.0592. The molecule has 0 radical (unpaired) electrons. The van der Waals surface area contributed by atoms with Crippen LogP contribution < -0.4 is 17.2 Å². The first kappa shape index (κ1) is 43.4. The van der Waals surface area contributed by atoms with E-state index in [9.17, 15) is 13.8 Å². The number of aromatic nitrogens is 7. The predicted octanol–water partition coefficient (Wildman–Crippen LogP) is 7.36. The summed E-state index contributed by atoms with van der Waals surface area (Å²) < 4.78 is 49.6. The van der Waals surface area contributed by atoms with Gasteiger partial charge in [0, 0.05) is 70.7 Å². The van der Waals surface area contributed by atoms with E-state index in [4.69, 9.17) is 20.1 Å². The molecule has 0 unspecified atom stereocenters. The molecule has 1 saturated carbocycles. The number of nitrogens with one attached hydrogen (secondary N) is 1. The van der Waals surface area contributed by atoms with Crippen molar-refractivity contribution < 1.29 is 22.7 Å². The van der Waals surface area contributed by atoms with Gasteiger partial charge in [0.15, 0.2) is 5.82 Å². The van der Waals surface area contributed by atoms with Crippen LogP contribution in [0, 0.1) is 25.6 Å². The van der Waals surface area contributed by atoms with Crippen molar-refractivity contribution in [3.8, 4) is 17.2 Å². The predicted molar refractivity (Wildman–Crippen MR) is 249 cm³/mol. The van der Waals surface area contributed by atoms with Crippen LogP contribution in [0.3, 0.4) is 0 Å². The molecule has 4 aromatic heterocycles. The number of nitrogens with two attached hydrogens (primary N) is 1. The van der Waals surface area contributed by atoms with E-state index >= 15 is 9.18 Å². The van der Waals surface area contributed by atoms with Gasteiger partial charge in [-0.2, -0.15) is 9.46 Å². The number of H-pyrrole nitrogens is 1. The molecule has 7 aromatic rings. The first-order valence-corrected chi connectivity index (χ1v) is 24.5. The molecule has 6 heterocycles. The zero-order valence-corrected chi connectivity index (χ0v) is 39.0. The minimum Gasteiger partial charge on any atom is -0.397 e. The average Bonchev–Trinajstić information content (AvgIpc) is 3.75. The van der Waals surface area contributed by atoms with Crippen LogP contribution in [0.15, 0.2) is 85.5 Å². The highest BCUT2D eigenvalue weighted by atomic mass is 32.2. The summed E-state index contributed by atoms with van der Waals surface area (Å²) in [6.07, 6.45) is 9.01. The highest BCUT2D eigenvalue weighted by Crippen LogP contribution is 2.56. The molecular weight excluding hydrogens is 864 g/mol. The van der Waals surface area contributed by atoms with Crippen molar-refractivity contribution in [3.63, 3.8) is 0 Å². The number of benzene rings is 3. The minimum absolute atomic E-state index is 0.00529. The van der Waals surface area contributed by atoms with Crippen LogP contribution in [-0.4, -0.2) is 79.9 Å². The zero-order valence-electron chi connectivity index (χ0n) is 38.2. The average molecular weight is 917 g/mol. The van der Waals surface area contributed by atoms with E-state index < -0.39 is 32.8 Å². The van der Waals surface area contributed by atoms with E-state index in [1.807, 2.05) is 22.5 Å². The Morgan fingerprint density at radius 3 is 2.36 bits per heavy atom. The zero-order chi connectivity index (χ0) is 46.8. The van der Waals surface area contributed by atoms with Crippen LogP contribution in [0.1, 0.15) is 103 Å². The molecule has 344 valence electrons. The van der Waals surface area contributed by atoms with E-state index in [0.29, 0.717) is 82.8 Å². The number of halogens is 1. The molecule has 0 spiro atoms. The number of ether oxygens (including phenoxy) is 1. The Morgan fingerprint density at radius 2 is 1.71 bits per heavy atom. The third-order valence-corrected chi connectivity index (χ3v) is 14.4. The summed E-state index contributed by atoms with van der Waals surface area (Å²) in [5.74, 6) is -0.221. The van der Waals surface area contributed by atoms with Crippen LogP contribution in [-0.2, 0) is 26.4 Å². The summed E-state index contributed by atoms with van der Waals surface area (Å²) in [5, 5.41) is 10.2. The van der Waals surface area contributed by atoms with E-state index in [0.717, 1.165) is 23.7 Å². The number of hydrogen-bond donors (Lipinski definition) is 2. The molecule has 3 aromatic carbocycles. The number of fused-ring (bicyclic) bond motifs is 2. The van der Waals surface area contributed by atoms with Gasteiger partial charge in [-0.15, -0.1) is 0 Å². The Bertz CT molecular complexity index is 3370. The summed E-state index contributed by atoms with van der Waals surface area (Å²) in [4.78, 5) is 47.3. The maximum absolute atomic E-state index is 15.5. The fourth-order valence-electron chi connectivity index (χ4n) is 10.4. The highest BCUT2D eigenvalue weighted by Gasteiger charge is 2.59. The van der Waals surface area contributed by atoms with Crippen molar-refractivity contribution in [1.82, 2.24) is 38.5 Å². The van der Waals surface area contributed by atoms with Crippen molar-refractivity contribution in [1.29, 1.82) is 0 Å². The summed E-state index contributed by atoms with van der Waals surface area (Å²) in [6, 6.07) is 16.0. The number of carbonyl (C=O) groups excluding carboxylic acids is 1. The molecule has 66 heavy (non-hydrogen) atoms. The van der Waals surface area contributed by atoms with Crippen LogP contribution in [0.5, 0.6) is 0 Å². The second kappa shape index (κ2) is 15.3. The first-order valence-electron chi connectivity index (χ1n) is 22.2. The van der Waals surface area contributed by atoms with E-state index in [-0.39, 0.29) is 34.8 Å². The monoisotopic (exact) mass is 916 g/mol. The molecular formula is C48H53FN10O6S. The number of hydrogen-bond acceptors (Lipinski definition) is 10. The second-order valence-corrected chi connectivity index (χ2v) is 21.7. The van der Waals surface area contributed by atoms with Gasteiger partial charge in [0.25, 0.3) is 5.91 Å². The summed E-state index contributed by atoms with van der Waals surface area (Å²) in [7, 11) is -2.49. The fraction of sp³-hybridized carbons (Fsp3) is 0.396. The van der Waals surface area contributed by atoms with Gasteiger partial charge >= 0.3 is 11.4 Å². The molecule has 0 bridgehead atoms. The molecule has 16 nitrogen and oxygen atoms in total. The minimum atomic E-state index is -2.49. The molecule has 1 aliphatic carbocycles.